The van der Waals surface area contributed by atoms with E-state index in [1.54, 1.807) is 0 Å². The molecule has 5 rings (SSSR count). The van der Waals surface area contributed by atoms with Crippen LogP contribution in [0.2, 0.25) is 0 Å². The number of hydrogen-bond acceptors (Lipinski definition) is 4. The van der Waals surface area contributed by atoms with Crippen LogP contribution in [0.25, 0.3) is 0 Å². The van der Waals surface area contributed by atoms with Crippen molar-refractivity contribution in [2.45, 2.75) is 44.8 Å². The van der Waals surface area contributed by atoms with Gasteiger partial charge in [-0.05, 0) is 62.7 Å². The zero-order valence-electron chi connectivity index (χ0n) is 17.9. The van der Waals surface area contributed by atoms with Crippen LogP contribution >= 0.6 is 12.2 Å². The van der Waals surface area contributed by atoms with Crippen LogP contribution in [0.15, 0.2) is 30.5 Å². The molecule has 3 fully saturated rings. The van der Waals surface area contributed by atoms with Crippen molar-refractivity contribution in [1.29, 1.82) is 0 Å². The Balaban J connectivity index is 1.47. The van der Waals surface area contributed by atoms with Crippen LogP contribution in [0.3, 0.4) is 0 Å². The third-order valence-electron chi connectivity index (χ3n) is 6.71. The molecule has 0 amide bonds. The van der Waals surface area contributed by atoms with Gasteiger partial charge in [0.15, 0.2) is 5.11 Å². The molecule has 4 heterocycles. The number of pyridine rings is 1. The molecular weight excluding hydrogens is 394 g/mol. The summed E-state index contributed by atoms with van der Waals surface area (Å²) in [5, 5.41) is 4.43. The molecule has 2 saturated heterocycles. The number of thiocarbonyl (C=S) groups is 1. The lowest BCUT2D eigenvalue weighted by Crippen LogP contribution is -2.42. The van der Waals surface area contributed by atoms with E-state index in [-0.39, 0.29) is 12.1 Å². The minimum Gasteiger partial charge on any atom is -0.379 e. The number of nitrogens with one attached hydrogen (secondary N) is 1. The van der Waals surface area contributed by atoms with Crippen molar-refractivity contribution in [2.24, 2.45) is 0 Å². The predicted molar refractivity (Wildman–Crippen MR) is 122 cm³/mol. The van der Waals surface area contributed by atoms with Crippen LogP contribution in [-0.2, 0) is 4.74 Å². The number of morpholine rings is 1. The van der Waals surface area contributed by atoms with Gasteiger partial charge in [0.05, 0.1) is 31.0 Å². The van der Waals surface area contributed by atoms with E-state index in [4.69, 9.17) is 17.0 Å². The van der Waals surface area contributed by atoms with Crippen molar-refractivity contribution in [2.75, 3.05) is 39.4 Å². The van der Waals surface area contributed by atoms with Gasteiger partial charge in [0.25, 0.3) is 0 Å². The molecular formula is C23H31N5OS. The average molecular weight is 426 g/mol. The second-order valence-electron chi connectivity index (χ2n) is 8.70. The molecule has 0 bridgehead atoms. The van der Waals surface area contributed by atoms with Crippen molar-refractivity contribution in [1.82, 2.24) is 24.7 Å². The molecule has 2 aromatic heterocycles. The lowest BCUT2D eigenvalue weighted by Gasteiger charge is -2.32. The van der Waals surface area contributed by atoms with Gasteiger partial charge >= 0.3 is 0 Å². The fraction of sp³-hybridized carbons (Fsp3) is 0.565. The number of nitrogens with zero attached hydrogens (tertiary/aromatic N) is 4. The van der Waals surface area contributed by atoms with Crippen LogP contribution < -0.4 is 5.32 Å². The summed E-state index contributed by atoms with van der Waals surface area (Å²) >= 11 is 5.85. The summed E-state index contributed by atoms with van der Waals surface area (Å²) in [5.41, 5.74) is 5.17. The van der Waals surface area contributed by atoms with E-state index in [9.17, 15) is 0 Å². The van der Waals surface area contributed by atoms with E-state index in [0.29, 0.717) is 6.04 Å². The summed E-state index contributed by atoms with van der Waals surface area (Å²) in [6.07, 6.45) is 4.46. The number of aromatic nitrogens is 2. The van der Waals surface area contributed by atoms with E-state index < -0.39 is 0 Å². The van der Waals surface area contributed by atoms with Crippen LogP contribution in [0.5, 0.6) is 0 Å². The predicted octanol–water partition coefficient (Wildman–Crippen LogP) is 3.14. The monoisotopic (exact) mass is 425 g/mol. The maximum atomic E-state index is 5.85. The Labute approximate surface area is 184 Å². The topological polar surface area (TPSA) is 45.6 Å². The highest BCUT2D eigenvalue weighted by Crippen LogP contribution is 2.44. The molecule has 30 heavy (non-hydrogen) atoms. The summed E-state index contributed by atoms with van der Waals surface area (Å²) in [5.74, 6) is 0. The molecule has 2 aliphatic heterocycles. The molecule has 2 aromatic rings. The minimum atomic E-state index is 0.0662. The average Bonchev–Trinajstić information content (AvgIpc) is 3.48. The Morgan fingerprint density at radius 2 is 1.97 bits per heavy atom. The van der Waals surface area contributed by atoms with Gasteiger partial charge in [0.2, 0.25) is 0 Å². The molecule has 0 spiro atoms. The smallest absolute Gasteiger partial charge is 0.170 e. The molecule has 1 aliphatic carbocycles. The molecule has 0 aromatic carbocycles. The highest BCUT2D eigenvalue weighted by atomic mass is 32.1. The van der Waals surface area contributed by atoms with Gasteiger partial charge in [-0.15, -0.1) is 0 Å². The van der Waals surface area contributed by atoms with E-state index in [1.165, 1.54) is 29.8 Å². The first-order chi connectivity index (χ1) is 14.6. The number of ether oxygens (including phenoxy) is 1. The van der Waals surface area contributed by atoms with Gasteiger partial charge in [0, 0.05) is 49.8 Å². The van der Waals surface area contributed by atoms with Gasteiger partial charge in [-0.2, -0.15) is 0 Å². The first-order valence-electron chi connectivity index (χ1n) is 11.1. The van der Waals surface area contributed by atoms with Gasteiger partial charge in [-0.25, -0.2) is 0 Å². The Bertz CT molecular complexity index is 904. The number of rotatable bonds is 6. The van der Waals surface area contributed by atoms with Gasteiger partial charge in [-0.1, -0.05) is 6.07 Å². The quantitative estimate of drug-likeness (QED) is 0.718. The highest BCUT2D eigenvalue weighted by Gasteiger charge is 2.42. The fourth-order valence-electron chi connectivity index (χ4n) is 5.06. The molecule has 2 atom stereocenters. The molecule has 1 N–H and O–H groups in total. The zero-order valence-corrected chi connectivity index (χ0v) is 18.7. The molecule has 3 aliphatic rings. The molecule has 160 valence electrons. The van der Waals surface area contributed by atoms with Crippen LogP contribution in [0.1, 0.15) is 53.6 Å². The first kappa shape index (κ1) is 20.0. The minimum absolute atomic E-state index is 0.0662. The summed E-state index contributed by atoms with van der Waals surface area (Å²) in [4.78, 5) is 9.55. The Kier molecular flexibility index (Phi) is 5.52. The lowest BCUT2D eigenvalue weighted by atomic mass is 9.97. The SMILES string of the molecule is Cc1cc(C2C(c3ccccn3)NC(=S)N2CCN2CCOCC2)c(C)n1C1CC1. The molecule has 6 nitrogen and oxygen atoms in total. The lowest BCUT2D eigenvalue weighted by molar-refractivity contribution is 0.0350. The fourth-order valence-corrected chi connectivity index (χ4v) is 5.39. The molecule has 1 saturated carbocycles. The Morgan fingerprint density at radius 3 is 2.67 bits per heavy atom. The van der Waals surface area contributed by atoms with E-state index in [2.05, 4.69) is 56.7 Å². The summed E-state index contributed by atoms with van der Waals surface area (Å²) < 4.78 is 8.05. The number of hydrogen-bond donors (Lipinski definition) is 1. The van der Waals surface area contributed by atoms with Crippen molar-refractivity contribution in [3.8, 4) is 0 Å². The summed E-state index contributed by atoms with van der Waals surface area (Å²) in [7, 11) is 0. The Hall–Kier alpha value is -1.96. The van der Waals surface area contributed by atoms with Crippen LogP contribution in [0.4, 0.5) is 0 Å². The van der Waals surface area contributed by atoms with Gasteiger partial charge in [0.1, 0.15) is 0 Å². The molecule has 0 radical (unpaired) electrons. The zero-order chi connectivity index (χ0) is 20.7. The molecule has 2 unspecified atom stereocenters. The maximum absolute atomic E-state index is 5.85. The van der Waals surface area contributed by atoms with E-state index >= 15 is 0 Å². The van der Waals surface area contributed by atoms with Crippen molar-refractivity contribution in [3.05, 3.63) is 53.1 Å². The summed E-state index contributed by atoms with van der Waals surface area (Å²) in [6.45, 7) is 10.1. The van der Waals surface area contributed by atoms with Crippen molar-refractivity contribution in [3.63, 3.8) is 0 Å². The van der Waals surface area contributed by atoms with E-state index in [1.807, 2.05) is 12.3 Å². The maximum Gasteiger partial charge on any atom is 0.170 e. The standard InChI is InChI=1S/C23H31N5OS/c1-16-15-19(17(2)28(16)18-6-7-18)22-21(20-5-3-4-8-24-20)25-23(30)27(22)10-9-26-11-13-29-14-12-26/h3-5,8,15,18,21-22H,6-7,9-14H2,1-2H3,(H,25,30). The van der Waals surface area contributed by atoms with Crippen molar-refractivity contribution >= 4 is 17.3 Å². The van der Waals surface area contributed by atoms with Crippen LogP contribution in [0, 0.1) is 13.8 Å². The van der Waals surface area contributed by atoms with E-state index in [0.717, 1.165) is 50.2 Å². The van der Waals surface area contributed by atoms with Crippen molar-refractivity contribution < 1.29 is 4.74 Å². The van der Waals surface area contributed by atoms with Gasteiger partial charge in [-0.3, -0.25) is 9.88 Å². The third kappa shape index (κ3) is 3.74. The first-order valence-corrected chi connectivity index (χ1v) is 11.5. The second-order valence-corrected chi connectivity index (χ2v) is 9.09. The second kappa shape index (κ2) is 8.29. The highest BCUT2D eigenvalue weighted by molar-refractivity contribution is 7.80. The Morgan fingerprint density at radius 1 is 1.17 bits per heavy atom. The normalized spacial score (nSPS) is 25.0. The largest absolute Gasteiger partial charge is 0.379 e. The summed E-state index contributed by atoms with van der Waals surface area (Å²) in [6, 6.07) is 9.43. The van der Waals surface area contributed by atoms with Crippen LogP contribution in [-0.4, -0.2) is 63.9 Å². The third-order valence-corrected chi connectivity index (χ3v) is 7.07. The number of aryl methyl sites for hydroxylation is 1. The molecule has 7 heteroatoms. The van der Waals surface area contributed by atoms with Gasteiger partial charge < -0.3 is 19.5 Å².